The van der Waals surface area contributed by atoms with E-state index in [4.69, 9.17) is 4.74 Å². The van der Waals surface area contributed by atoms with Gasteiger partial charge < -0.3 is 9.84 Å². The lowest BCUT2D eigenvalue weighted by Gasteiger charge is -2.14. The number of hydrogen-bond acceptors (Lipinski definition) is 3. The molecule has 1 aromatic heterocycles. The Balaban J connectivity index is 2.44. The van der Waals surface area contributed by atoms with E-state index in [0.29, 0.717) is 5.75 Å². The summed E-state index contributed by atoms with van der Waals surface area (Å²) < 4.78 is 7.01. The Morgan fingerprint density at radius 1 is 1.33 bits per heavy atom. The van der Waals surface area contributed by atoms with Crippen LogP contribution in [0.4, 0.5) is 0 Å². The maximum Gasteiger partial charge on any atom is 0.125 e. The van der Waals surface area contributed by atoms with Crippen LogP contribution in [0.25, 0.3) is 0 Å². The number of hydrogen-bond donors (Lipinski definition) is 1. The molecule has 96 valence electrons. The van der Waals surface area contributed by atoms with Crippen LogP contribution in [0.1, 0.15) is 29.8 Å². The van der Waals surface area contributed by atoms with E-state index in [1.165, 1.54) is 0 Å². The van der Waals surface area contributed by atoms with Crippen molar-refractivity contribution >= 4 is 0 Å². The van der Waals surface area contributed by atoms with Crippen molar-refractivity contribution in [3.63, 3.8) is 0 Å². The zero-order chi connectivity index (χ0) is 13.1. The van der Waals surface area contributed by atoms with Crippen molar-refractivity contribution in [2.45, 2.75) is 19.4 Å². The lowest BCUT2D eigenvalue weighted by atomic mass is 10.0. The first-order valence-corrected chi connectivity index (χ1v) is 6.00. The molecule has 1 aromatic carbocycles. The van der Waals surface area contributed by atoms with Gasteiger partial charge in [-0.1, -0.05) is 25.1 Å². The molecule has 4 nitrogen and oxygen atoms in total. The second-order valence-electron chi connectivity index (χ2n) is 4.20. The molecule has 0 spiro atoms. The topological polar surface area (TPSA) is 47.3 Å². The fourth-order valence-electron chi connectivity index (χ4n) is 2.12. The van der Waals surface area contributed by atoms with Crippen molar-refractivity contribution in [3.05, 3.63) is 47.3 Å². The largest absolute Gasteiger partial charge is 0.496 e. The molecule has 1 heterocycles. The highest BCUT2D eigenvalue weighted by atomic mass is 16.5. The number of benzene rings is 1. The number of aliphatic hydroxyl groups is 1. The van der Waals surface area contributed by atoms with Gasteiger partial charge in [-0.3, -0.25) is 4.68 Å². The van der Waals surface area contributed by atoms with Gasteiger partial charge in [-0.25, -0.2) is 0 Å². The predicted molar refractivity (Wildman–Crippen MR) is 69.6 cm³/mol. The minimum absolute atomic E-state index is 0.691. The molecule has 2 rings (SSSR count). The van der Waals surface area contributed by atoms with Crippen LogP contribution in [-0.4, -0.2) is 22.0 Å². The molecular formula is C14H18N2O2. The standard InChI is InChI=1S/C14H18N2O2/c1-4-12-11(9-16(2)15-12)14(17)10-7-5-6-8-13(10)18-3/h5-9,14,17H,4H2,1-3H3. The van der Waals surface area contributed by atoms with E-state index in [1.54, 1.807) is 11.8 Å². The van der Waals surface area contributed by atoms with Crippen LogP contribution in [0.3, 0.4) is 0 Å². The SMILES string of the molecule is CCc1nn(C)cc1C(O)c1ccccc1OC. The highest BCUT2D eigenvalue weighted by molar-refractivity contribution is 5.40. The summed E-state index contributed by atoms with van der Waals surface area (Å²) in [6, 6.07) is 7.50. The van der Waals surface area contributed by atoms with Crippen molar-refractivity contribution in [1.82, 2.24) is 9.78 Å². The fraction of sp³-hybridized carbons (Fsp3) is 0.357. The van der Waals surface area contributed by atoms with Crippen molar-refractivity contribution in [1.29, 1.82) is 0 Å². The summed E-state index contributed by atoms with van der Waals surface area (Å²) in [5.74, 6) is 0.691. The Morgan fingerprint density at radius 2 is 2.06 bits per heavy atom. The van der Waals surface area contributed by atoms with Crippen LogP contribution in [0, 0.1) is 0 Å². The minimum Gasteiger partial charge on any atom is -0.496 e. The van der Waals surface area contributed by atoms with Gasteiger partial charge in [-0.2, -0.15) is 5.10 Å². The van der Waals surface area contributed by atoms with Crippen molar-refractivity contribution in [2.24, 2.45) is 7.05 Å². The van der Waals surface area contributed by atoms with Crippen LogP contribution < -0.4 is 4.74 Å². The van der Waals surface area contributed by atoms with Gasteiger partial charge in [0.1, 0.15) is 11.9 Å². The van der Waals surface area contributed by atoms with Gasteiger partial charge >= 0.3 is 0 Å². The summed E-state index contributed by atoms with van der Waals surface area (Å²) in [6.45, 7) is 2.03. The first kappa shape index (κ1) is 12.6. The molecule has 1 unspecified atom stereocenters. The van der Waals surface area contributed by atoms with Crippen LogP contribution in [0.2, 0.25) is 0 Å². The van der Waals surface area contributed by atoms with E-state index in [-0.39, 0.29) is 0 Å². The van der Waals surface area contributed by atoms with Gasteiger partial charge in [-0.05, 0) is 12.5 Å². The highest BCUT2D eigenvalue weighted by Crippen LogP contribution is 2.31. The minimum atomic E-state index is -0.704. The van der Waals surface area contributed by atoms with Crippen LogP contribution >= 0.6 is 0 Å². The Bertz CT molecular complexity index is 534. The fourth-order valence-corrected chi connectivity index (χ4v) is 2.12. The molecule has 18 heavy (non-hydrogen) atoms. The van der Waals surface area contributed by atoms with Crippen molar-refractivity contribution in [2.75, 3.05) is 7.11 Å². The molecule has 0 aliphatic rings. The molecule has 1 N–H and O–H groups in total. The van der Waals surface area contributed by atoms with Gasteiger partial charge in [0.15, 0.2) is 0 Å². The number of aromatic nitrogens is 2. The molecule has 0 saturated carbocycles. The third-order valence-electron chi connectivity index (χ3n) is 3.00. The summed E-state index contributed by atoms with van der Waals surface area (Å²) in [6.07, 6.45) is 1.95. The average molecular weight is 246 g/mol. The van der Waals surface area contributed by atoms with Crippen molar-refractivity contribution < 1.29 is 9.84 Å². The number of rotatable bonds is 4. The summed E-state index contributed by atoms with van der Waals surface area (Å²) in [5.41, 5.74) is 2.52. The third-order valence-corrected chi connectivity index (χ3v) is 3.00. The maximum absolute atomic E-state index is 10.5. The summed E-state index contributed by atoms with van der Waals surface area (Å²) in [4.78, 5) is 0. The second-order valence-corrected chi connectivity index (χ2v) is 4.20. The Hall–Kier alpha value is -1.81. The summed E-state index contributed by atoms with van der Waals surface area (Å²) >= 11 is 0. The Kier molecular flexibility index (Phi) is 3.67. The second kappa shape index (κ2) is 5.23. The monoisotopic (exact) mass is 246 g/mol. The number of para-hydroxylation sites is 1. The highest BCUT2D eigenvalue weighted by Gasteiger charge is 2.19. The quantitative estimate of drug-likeness (QED) is 0.898. The molecule has 0 amide bonds. The van der Waals surface area contributed by atoms with E-state index in [1.807, 2.05) is 44.4 Å². The lowest BCUT2D eigenvalue weighted by molar-refractivity contribution is 0.213. The van der Waals surface area contributed by atoms with Crippen LogP contribution in [0.5, 0.6) is 5.75 Å². The normalized spacial score (nSPS) is 12.4. The summed E-state index contributed by atoms with van der Waals surface area (Å²) in [7, 11) is 3.47. The van der Waals surface area contributed by atoms with Gasteiger partial charge in [-0.15, -0.1) is 0 Å². The number of aliphatic hydroxyl groups excluding tert-OH is 1. The molecular weight excluding hydrogens is 228 g/mol. The maximum atomic E-state index is 10.5. The van der Waals surface area contributed by atoms with Gasteiger partial charge in [0, 0.05) is 24.4 Å². The number of aryl methyl sites for hydroxylation is 2. The van der Waals surface area contributed by atoms with E-state index in [9.17, 15) is 5.11 Å². The molecule has 0 aliphatic carbocycles. The molecule has 0 radical (unpaired) electrons. The smallest absolute Gasteiger partial charge is 0.125 e. The van der Waals surface area contributed by atoms with Crippen LogP contribution in [0.15, 0.2) is 30.5 Å². The lowest BCUT2D eigenvalue weighted by Crippen LogP contribution is -2.03. The predicted octanol–water partition coefficient (Wildman–Crippen LogP) is 2.07. The van der Waals surface area contributed by atoms with Crippen LogP contribution in [-0.2, 0) is 13.5 Å². The number of nitrogens with zero attached hydrogens (tertiary/aromatic N) is 2. The van der Waals surface area contributed by atoms with Gasteiger partial charge in [0.25, 0.3) is 0 Å². The zero-order valence-corrected chi connectivity index (χ0v) is 10.9. The van der Waals surface area contributed by atoms with Gasteiger partial charge in [0.05, 0.1) is 12.8 Å². The molecule has 0 bridgehead atoms. The van der Waals surface area contributed by atoms with Gasteiger partial charge in [0.2, 0.25) is 0 Å². The first-order valence-electron chi connectivity index (χ1n) is 6.00. The Morgan fingerprint density at radius 3 is 2.72 bits per heavy atom. The summed E-state index contributed by atoms with van der Waals surface area (Å²) in [5, 5.41) is 14.8. The third kappa shape index (κ3) is 2.24. The van der Waals surface area contributed by atoms with E-state index < -0.39 is 6.10 Å². The molecule has 4 heteroatoms. The number of ether oxygens (including phenoxy) is 1. The van der Waals surface area contributed by atoms with E-state index >= 15 is 0 Å². The first-order chi connectivity index (χ1) is 8.67. The molecule has 1 atom stereocenters. The molecule has 0 aliphatic heterocycles. The van der Waals surface area contributed by atoms with E-state index in [0.717, 1.165) is 23.2 Å². The molecule has 0 saturated heterocycles. The molecule has 0 fully saturated rings. The molecule has 2 aromatic rings. The average Bonchev–Trinajstić information content (AvgIpc) is 2.79. The van der Waals surface area contributed by atoms with E-state index in [2.05, 4.69) is 5.10 Å². The number of methoxy groups -OCH3 is 1. The zero-order valence-electron chi connectivity index (χ0n) is 10.9. The van der Waals surface area contributed by atoms with Crippen molar-refractivity contribution in [3.8, 4) is 5.75 Å². The Labute approximate surface area is 107 Å².